The van der Waals surface area contributed by atoms with Crippen LogP contribution in [0.4, 0.5) is 10.5 Å². The van der Waals surface area contributed by atoms with Crippen molar-refractivity contribution in [3.63, 3.8) is 0 Å². The van der Waals surface area contributed by atoms with Crippen LogP contribution in [-0.4, -0.2) is 41.9 Å². The highest BCUT2D eigenvalue weighted by atomic mass is 32.2. The fourth-order valence-corrected chi connectivity index (χ4v) is 5.99. The molecule has 8 nitrogen and oxygen atoms in total. The topological polar surface area (TPSA) is 87.5 Å². The maximum absolute atomic E-state index is 13.0. The normalized spacial score (nSPS) is 18.2. The van der Waals surface area contributed by atoms with Crippen molar-refractivity contribution in [2.75, 3.05) is 18.5 Å². The molecule has 0 radical (unpaired) electrons. The first-order valence-electron chi connectivity index (χ1n) is 10.2. The van der Waals surface area contributed by atoms with Gasteiger partial charge < -0.3 is 4.57 Å². The van der Waals surface area contributed by atoms with E-state index >= 15 is 0 Å². The highest BCUT2D eigenvalue weighted by Crippen LogP contribution is 2.40. The van der Waals surface area contributed by atoms with E-state index in [4.69, 9.17) is 0 Å². The summed E-state index contributed by atoms with van der Waals surface area (Å²) < 4.78 is 31.2. The van der Waals surface area contributed by atoms with Gasteiger partial charge in [-0.25, -0.2) is 14.5 Å². The van der Waals surface area contributed by atoms with E-state index in [0.717, 1.165) is 44.2 Å². The van der Waals surface area contributed by atoms with Gasteiger partial charge >= 0.3 is 16.2 Å². The van der Waals surface area contributed by atoms with Crippen LogP contribution < -0.4 is 9.62 Å². The van der Waals surface area contributed by atoms with Crippen molar-refractivity contribution < 1.29 is 13.2 Å². The first-order valence-corrected chi connectivity index (χ1v) is 11.6. The number of aryl methyl sites for hydroxylation is 2. The summed E-state index contributed by atoms with van der Waals surface area (Å²) in [5.74, 6) is 0.682. The minimum absolute atomic E-state index is 0.162. The van der Waals surface area contributed by atoms with Crippen molar-refractivity contribution in [1.29, 1.82) is 0 Å². The Bertz CT molecular complexity index is 1060. The Hall–Kier alpha value is -2.39. The lowest BCUT2D eigenvalue weighted by atomic mass is 9.98. The first kappa shape index (κ1) is 18.6. The number of hydrogen-bond acceptors (Lipinski definition) is 4. The third kappa shape index (κ3) is 3.12. The summed E-state index contributed by atoms with van der Waals surface area (Å²) in [6, 6.07) is 1.69. The molecule has 0 fully saturated rings. The molecule has 0 saturated heterocycles. The Morgan fingerprint density at radius 3 is 2.48 bits per heavy atom. The second-order valence-corrected chi connectivity index (χ2v) is 9.72. The van der Waals surface area contributed by atoms with Crippen molar-refractivity contribution in [2.45, 2.75) is 51.6 Å². The number of rotatable bonds is 3. The summed E-state index contributed by atoms with van der Waals surface area (Å²) in [4.78, 5) is 18.7. The van der Waals surface area contributed by atoms with Gasteiger partial charge in [-0.1, -0.05) is 6.07 Å². The van der Waals surface area contributed by atoms with Gasteiger partial charge in [0, 0.05) is 32.5 Å². The zero-order valence-electron chi connectivity index (χ0n) is 16.5. The molecule has 9 heteroatoms. The van der Waals surface area contributed by atoms with Gasteiger partial charge in [0.25, 0.3) is 0 Å². The van der Waals surface area contributed by atoms with Crippen LogP contribution in [0.15, 0.2) is 18.5 Å². The summed E-state index contributed by atoms with van der Waals surface area (Å²) in [7, 11) is -2.26. The summed E-state index contributed by atoms with van der Waals surface area (Å²) in [5.41, 5.74) is 5.97. The van der Waals surface area contributed by atoms with Gasteiger partial charge in [-0.15, -0.1) is 0 Å². The molecular formula is C20H25N5O3S. The van der Waals surface area contributed by atoms with Crippen LogP contribution in [0.5, 0.6) is 0 Å². The third-order valence-electron chi connectivity index (χ3n) is 6.35. The zero-order chi connectivity index (χ0) is 20.2. The van der Waals surface area contributed by atoms with Crippen molar-refractivity contribution in [3.05, 3.63) is 46.5 Å². The number of hydrogen-bond donors (Lipinski definition) is 1. The second kappa shape index (κ2) is 6.84. The van der Waals surface area contributed by atoms with E-state index in [1.165, 1.54) is 31.5 Å². The molecule has 0 unspecified atom stereocenters. The quantitative estimate of drug-likeness (QED) is 0.828. The number of fused-ring (bicyclic) bond motifs is 3. The molecule has 5 rings (SSSR count). The average Bonchev–Trinajstić information content (AvgIpc) is 3.43. The number of amides is 2. The Balaban J connectivity index is 1.39. The average molecular weight is 416 g/mol. The molecule has 2 amide bonds. The van der Waals surface area contributed by atoms with Crippen LogP contribution in [0.25, 0.3) is 0 Å². The number of anilines is 1. The smallest absolute Gasteiger partial charge is 0.332 e. The summed E-state index contributed by atoms with van der Waals surface area (Å²) in [6.45, 7) is 1.00. The molecule has 3 aliphatic rings. The maximum Gasteiger partial charge on any atom is 0.336 e. The summed E-state index contributed by atoms with van der Waals surface area (Å²) >= 11 is 0. The largest absolute Gasteiger partial charge is 0.336 e. The third-order valence-corrected chi connectivity index (χ3v) is 7.77. The molecule has 1 N–H and O–H groups in total. The van der Waals surface area contributed by atoms with Crippen LogP contribution in [0, 0.1) is 0 Å². The van der Waals surface area contributed by atoms with Gasteiger partial charge in [-0.2, -0.15) is 12.7 Å². The Kier molecular flexibility index (Phi) is 4.40. The monoisotopic (exact) mass is 415 g/mol. The predicted molar refractivity (Wildman–Crippen MR) is 109 cm³/mol. The second-order valence-electron chi connectivity index (χ2n) is 8.05. The van der Waals surface area contributed by atoms with Gasteiger partial charge in [0.15, 0.2) is 0 Å². The molecule has 0 atom stereocenters. The van der Waals surface area contributed by atoms with Crippen LogP contribution in [0.3, 0.4) is 0 Å². The Labute approximate surface area is 170 Å². The lowest BCUT2D eigenvalue weighted by molar-refractivity contribution is 0.250. The standard InChI is InChI=1S/C20H25N5O3S/c1-23(19-16-6-2-4-14(16)12-15-5-3-7-17(15)19)20(26)22-29(27,28)25-11-10-24-9-8-21-18(24)13-25/h8-9,12H,2-7,10-11,13H2,1H3,(H,22,26). The van der Waals surface area contributed by atoms with Gasteiger partial charge in [-0.3, -0.25) is 4.90 Å². The molecule has 2 aromatic rings. The van der Waals surface area contributed by atoms with Crippen molar-refractivity contribution in [1.82, 2.24) is 18.6 Å². The lowest BCUT2D eigenvalue weighted by Gasteiger charge is -2.29. The molecule has 2 aliphatic carbocycles. The molecule has 1 aliphatic heterocycles. The number of aromatic nitrogens is 2. The van der Waals surface area contributed by atoms with E-state index < -0.39 is 16.2 Å². The first-order chi connectivity index (χ1) is 13.9. The van der Waals surface area contributed by atoms with E-state index in [2.05, 4.69) is 15.8 Å². The summed E-state index contributed by atoms with van der Waals surface area (Å²) in [5, 5.41) is 0. The molecule has 2 heterocycles. The van der Waals surface area contributed by atoms with Crippen molar-refractivity contribution in [2.24, 2.45) is 0 Å². The fraction of sp³-hybridized carbons (Fsp3) is 0.500. The van der Waals surface area contributed by atoms with E-state index in [9.17, 15) is 13.2 Å². The van der Waals surface area contributed by atoms with E-state index in [-0.39, 0.29) is 6.54 Å². The fourth-order valence-electron chi connectivity index (χ4n) is 4.89. The highest BCUT2D eigenvalue weighted by Gasteiger charge is 2.32. The number of carbonyl (C=O) groups excluding carboxylic acids is 1. The minimum atomic E-state index is -3.95. The molecule has 154 valence electrons. The number of nitrogens with one attached hydrogen (secondary N) is 1. The van der Waals surface area contributed by atoms with Gasteiger partial charge in [-0.05, 0) is 60.8 Å². The number of benzene rings is 1. The number of imidazole rings is 1. The van der Waals surface area contributed by atoms with Crippen molar-refractivity contribution in [3.8, 4) is 0 Å². The molecule has 0 saturated carbocycles. The van der Waals surface area contributed by atoms with Crippen LogP contribution in [0.2, 0.25) is 0 Å². The highest BCUT2D eigenvalue weighted by molar-refractivity contribution is 7.87. The van der Waals surface area contributed by atoms with Crippen LogP contribution >= 0.6 is 0 Å². The molecule has 29 heavy (non-hydrogen) atoms. The van der Waals surface area contributed by atoms with E-state index in [0.29, 0.717) is 18.9 Å². The molecular weight excluding hydrogens is 390 g/mol. The molecule has 0 spiro atoms. The van der Waals surface area contributed by atoms with E-state index in [1.807, 2.05) is 10.8 Å². The summed E-state index contributed by atoms with van der Waals surface area (Å²) in [6.07, 6.45) is 9.61. The Morgan fingerprint density at radius 2 is 1.79 bits per heavy atom. The number of nitrogens with zero attached hydrogens (tertiary/aromatic N) is 4. The predicted octanol–water partition coefficient (Wildman–Crippen LogP) is 1.77. The molecule has 0 bridgehead atoms. The van der Waals surface area contributed by atoms with Gasteiger partial charge in [0.05, 0.1) is 12.2 Å². The minimum Gasteiger partial charge on any atom is -0.332 e. The number of carbonyl (C=O) groups is 1. The van der Waals surface area contributed by atoms with Crippen molar-refractivity contribution >= 4 is 21.9 Å². The molecule has 1 aromatic carbocycles. The number of urea groups is 1. The Morgan fingerprint density at radius 1 is 1.10 bits per heavy atom. The van der Waals surface area contributed by atoms with Crippen LogP contribution in [-0.2, 0) is 49.0 Å². The SMILES string of the molecule is CN(C(=O)NS(=O)(=O)N1CCn2ccnc2C1)c1c2c(cc3c1CCC3)CCC2. The molecule has 1 aromatic heterocycles. The lowest BCUT2D eigenvalue weighted by Crippen LogP contribution is -2.50. The zero-order valence-corrected chi connectivity index (χ0v) is 17.3. The van der Waals surface area contributed by atoms with Gasteiger partial charge in [0.1, 0.15) is 5.82 Å². The maximum atomic E-state index is 13.0. The van der Waals surface area contributed by atoms with Gasteiger partial charge in [0.2, 0.25) is 0 Å². The van der Waals surface area contributed by atoms with Crippen LogP contribution in [0.1, 0.15) is 40.9 Å². The van der Waals surface area contributed by atoms with E-state index in [1.54, 1.807) is 13.2 Å².